The molecule has 1 unspecified atom stereocenters. The molecule has 0 aliphatic carbocycles. The number of aliphatic hydroxyl groups is 1. The van der Waals surface area contributed by atoms with E-state index < -0.39 is 29.5 Å². The number of methoxy groups -OCH3 is 2. The van der Waals surface area contributed by atoms with Gasteiger partial charge in [-0.25, -0.2) is 9.78 Å². The number of fused-ring (bicyclic) bond motifs is 1. The average molecular weight is 499 g/mol. The first-order chi connectivity index (χ1) is 17.8. The number of carboxylic acid groups (broad SMARTS) is 1. The fourth-order valence-corrected chi connectivity index (χ4v) is 4.41. The van der Waals surface area contributed by atoms with Crippen LogP contribution in [0.3, 0.4) is 0 Å². The standard InChI is InChI=1S/C27H21N3O7/c1-36-16-7-5-6-14(12-16)22-21(23(31)17-8-3-4-9-20(17)37-2)24(32)25(33)30(22)27-28-18-11-10-15(26(34)35)13-19(18)29-27/h3-13,22,31H,1-2H3,(H,28,29)(H,34,35)/b23-21+. The van der Waals surface area contributed by atoms with E-state index in [1.54, 1.807) is 48.5 Å². The summed E-state index contributed by atoms with van der Waals surface area (Å²) in [6, 6.07) is 16.6. The lowest BCUT2D eigenvalue weighted by Crippen LogP contribution is -2.30. The van der Waals surface area contributed by atoms with E-state index in [0.29, 0.717) is 28.1 Å². The number of aromatic amines is 1. The van der Waals surface area contributed by atoms with Crippen molar-refractivity contribution >= 4 is 40.4 Å². The Kier molecular flexibility index (Phi) is 5.84. The van der Waals surface area contributed by atoms with Crippen LogP contribution in [-0.2, 0) is 9.59 Å². The van der Waals surface area contributed by atoms with Gasteiger partial charge >= 0.3 is 11.9 Å². The molecule has 0 saturated carbocycles. The van der Waals surface area contributed by atoms with E-state index in [0.717, 1.165) is 4.90 Å². The van der Waals surface area contributed by atoms with E-state index in [9.17, 15) is 24.6 Å². The number of carboxylic acids is 1. The van der Waals surface area contributed by atoms with E-state index >= 15 is 0 Å². The van der Waals surface area contributed by atoms with Gasteiger partial charge in [-0.15, -0.1) is 0 Å². The molecule has 3 N–H and O–H groups in total. The van der Waals surface area contributed by atoms with Crippen LogP contribution in [0.5, 0.6) is 11.5 Å². The SMILES string of the molecule is COc1cccc(C2/C(=C(\O)c3ccccc3OC)C(=O)C(=O)N2c2nc3ccc(C(=O)O)cc3[nH]2)c1. The van der Waals surface area contributed by atoms with Gasteiger partial charge in [0, 0.05) is 0 Å². The molecule has 0 bridgehead atoms. The zero-order valence-corrected chi connectivity index (χ0v) is 19.8. The fraction of sp³-hybridized carbons (Fsp3) is 0.111. The van der Waals surface area contributed by atoms with Gasteiger partial charge in [0.05, 0.1) is 48.0 Å². The summed E-state index contributed by atoms with van der Waals surface area (Å²) >= 11 is 0. The van der Waals surface area contributed by atoms with Gasteiger partial charge in [0.15, 0.2) is 0 Å². The molecule has 186 valence electrons. The van der Waals surface area contributed by atoms with Crippen molar-refractivity contribution in [2.75, 3.05) is 19.1 Å². The van der Waals surface area contributed by atoms with Gasteiger partial charge in [0.2, 0.25) is 5.95 Å². The van der Waals surface area contributed by atoms with Gasteiger partial charge in [-0.1, -0.05) is 24.3 Å². The molecule has 4 aromatic rings. The Balaban J connectivity index is 1.74. The number of nitrogens with one attached hydrogen (secondary N) is 1. The Hall–Kier alpha value is -5.12. The van der Waals surface area contributed by atoms with Crippen LogP contribution in [0, 0.1) is 0 Å². The number of ether oxygens (including phenoxy) is 2. The number of rotatable bonds is 6. The summed E-state index contributed by atoms with van der Waals surface area (Å²) < 4.78 is 10.7. The summed E-state index contributed by atoms with van der Waals surface area (Å²) in [4.78, 5) is 46.8. The Morgan fingerprint density at radius 1 is 0.973 bits per heavy atom. The van der Waals surface area contributed by atoms with Crippen molar-refractivity contribution in [2.45, 2.75) is 6.04 Å². The molecule has 1 aliphatic heterocycles. The Morgan fingerprint density at radius 2 is 1.76 bits per heavy atom. The van der Waals surface area contributed by atoms with Gasteiger partial charge in [-0.05, 0) is 48.0 Å². The first kappa shape index (κ1) is 23.6. The van der Waals surface area contributed by atoms with Crippen molar-refractivity contribution in [3.8, 4) is 11.5 Å². The zero-order chi connectivity index (χ0) is 26.3. The van der Waals surface area contributed by atoms with E-state index in [1.165, 1.54) is 32.4 Å². The number of imidazole rings is 1. The quantitative estimate of drug-likeness (QED) is 0.206. The summed E-state index contributed by atoms with van der Waals surface area (Å²) in [5.41, 5.74) is 1.37. The first-order valence-corrected chi connectivity index (χ1v) is 11.2. The minimum Gasteiger partial charge on any atom is -0.507 e. The number of benzene rings is 3. The van der Waals surface area contributed by atoms with E-state index in [1.807, 2.05) is 0 Å². The topological polar surface area (TPSA) is 142 Å². The van der Waals surface area contributed by atoms with Gasteiger partial charge in [-0.2, -0.15) is 0 Å². The highest BCUT2D eigenvalue weighted by molar-refractivity contribution is 6.51. The number of aromatic nitrogens is 2. The smallest absolute Gasteiger partial charge is 0.335 e. The van der Waals surface area contributed by atoms with Crippen LogP contribution in [0.1, 0.15) is 27.5 Å². The average Bonchev–Trinajstić information content (AvgIpc) is 3.45. The predicted molar refractivity (Wildman–Crippen MR) is 134 cm³/mol. The monoisotopic (exact) mass is 499 g/mol. The van der Waals surface area contributed by atoms with Crippen molar-refractivity contribution in [3.63, 3.8) is 0 Å². The molecule has 3 aromatic carbocycles. The van der Waals surface area contributed by atoms with E-state index in [-0.39, 0.29) is 22.6 Å². The van der Waals surface area contributed by atoms with E-state index in [4.69, 9.17) is 9.47 Å². The molecule has 1 saturated heterocycles. The lowest BCUT2D eigenvalue weighted by Gasteiger charge is -2.23. The largest absolute Gasteiger partial charge is 0.507 e. The van der Waals surface area contributed by atoms with Crippen molar-refractivity contribution < 1.29 is 34.1 Å². The molecular weight excluding hydrogens is 478 g/mol. The van der Waals surface area contributed by atoms with Gasteiger partial charge in [-0.3, -0.25) is 14.5 Å². The lowest BCUT2D eigenvalue weighted by atomic mass is 9.95. The molecule has 0 radical (unpaired) electrons. The Morgan fingerprint density at radius 3 is 2.49 bits per heavy atom. The highest BCUT2D eigenvalue weighted by Crippen LogP contribution is 2.43. The van der Waals surface area contributed by atoms with Crippen molar-refractivity contribution in [1.29, 1.82) is 0 Å². The zero-order valence-electron chi connectivity index (χ0n) is 19.8. The number of nitrogens with zero attached hydrogens (tertiary/aromatic N) is 2. The summed E-state index contributed by atoms with van der Waals surface area (Å²) in [7, 11) is 2.92. The van der Waals surface area contributed by atoms with Gasteiger partial charge in [0.25, 0.3) is 5.78 Å². The highest BCUT2D eigenvalue weighted by Gasteiger charge is 2.48. The van der Waals surface area contributed by atoms with E-state index in [2.05, 4.69) is 9.97 Å². The number of ketones is 1. The highest BCUT2D eigenvalue weighted by atomic mass is 16.5. The first-order valence-electron chi connectivity index (χ1n) is 11.2. The van der Waals surface area contributed by atoms with Crippen LogP contribution in [0.2, 0.25) is 0 Å². The van der Waals surface area contributed by atoms with Crippen molar-refractivity contribution in [2.24, 2.45) is 0 Å². The molecule has 2 heterocycles. The van der Waals surface area contributed by atoms with Crippen LogP contribution >= 0.6 is 0 Å². The van der Waals surface area contributed by atoms with Crippen molar-refractivity contribution in [3.05, 3.63) is 89.0 Å². The normalized spacial score (nSPS) is 16.8. The molecule has 5 rings (SSSR count). The number of hydrogen-bond donors (Lipinski definition) is 3. The predicted octanol–water partition coefficient (Wildman–Crippen LogP) is 3.90. The molecule has 10 heteroatoms. The summed E-state index contributed by atoms with van der Waals surface area (Å²) in [6.45, 7) is 0. The number of carbonyl (C=O) groups excluding carboxylic acids is 2. The third kappa shape index (κ3) is 3.94. The molecule has 1 atom stereocenters. The van der Waals surface area contributed by atoms with Crippen LogP contribution in [0.15, 0.2) is 72.3 Å². The number of carbonyl (C=O) groups is 3. The number of aromatic carboxylic acids is 1. The van der Waals surface area contributed by atoms with Gasteiger partial charge < -0.3 is 24.7 Å². The Bertz CT molecular complexity index is 1600. The summed E-state index contributed by atoms with van der Waals surface area (Å²) in [6.07, 6.45) is 0. The number of amides is 1. The Labute approximate surface area is 210 Å². The molecular formula is C27H21N3O7. The maximum Gasteiger partial charge on any atom is 0.335 e. The minimum atomic E-state index is -1.12. The third-order valence-electron chi connectivity index (χ3n) is 6.16. The number of anilines is 1. The number of para-hydroxylation sites is 1. The molecule has 1 aromatic heterocycles. The fourth-order valence-electron chi connectivity index (χ4n) is 4.41. The van der Waals surface area contributed by atoms with Crippen LogP contribution in [0.25, 0.3) is 16.8 Å². The van der Waals surface area contributed by atoms with Crippen molar-refractivity contribution in [1.82, 2.24) is 9.97 Å². The number of H-pyrrole nitrogens is 1. The number of hydrogen-bond acceptors (Lipinski definition) is 7. The van der Waals surface area contributed by atoms with Gasteiger partial charge in [0.1, 0.15) is 17.3 Å². The number of aliphatic hydroxyl groups excluding tert-OH is 1. The molecule has 10 nitrogen and oxygen atoms in total. The number of Topliss-reactive ketones (excluding diaryl/α,β-unsaturated/α-hetero) is 1. The van der Waals surface area contributed by atoms with Crippen LogP contribution in [-0.4, -0.2) is 52.1 Å². The summed E-state index contributed by atoms with van der Waals surface area (Å²) in [5.74, 6) is -2.53. The molecule has 1 amide bonds. The second-order valence-corrected chi connectivity index (χ2v) is 8.24. The second kappa shape index (κ2) is 9.15. The molecule has 1 fully saturated rings. The minimum absolute atomic E-state index is 0.0199. The molecule has 0 spiro atoms. The van der Waals surface area contributed by atoms with Crippen LogP contribution in [0.4, 0.5) is 5.95 Å². The maximum atomic E-state index is 13.4. The lowest BCUT2D eigenvalue weighted by molar-refractivity contribution is -0.132. The second-order valence-electron chi connectivity index (χ2n) is 8.24. The van der Waals surface area contributed by atoms with Crippen LogP contribution < -0.4 is 14.4 Å². The maximum absolute atomic E-state index is 13.4. The molecule has 37 heavy (non-hydrogen) atoms. The third-order valence-corrected chi connectivity index (χ3v) is 6.16. The molecule has 1 aliphatic rings. The summed E-state index contributed by atoms with van der Waals surface area (Å²) in [5, 5.41) is 20.7.